The maximum absolute atomic E-state index is 11.8. The molecule has 27 heavy (non-hydrogen) atoms. The third-order valence-electron chi connectivity index (χ3n) is 4.32. The minimum absolute atomic E-state index is 0.239. The van der Waals surface area contributed by atoms with Crippen molar-refractivity contribution in [3.8, 4) is 0 Å². The minimum atomic E-state index is -1.52. The smallest absolute Gasteiger partial charge is 0.404 e. The summed E-state index contributed by atoms with van der Waals surface area (Å²) in [5.41, 5.74) is 14.7. The summed E-state index contributed by atoms with van der Waals surface area (Å²) in [5, 5.41) is 0.675. The van der Waals surface area contributed by atoms with Crippen LogP contribution in [0.25, 0.3) is 0 Å². The number of carbonyl (C=O) groups is 2. The number of hydrogen-bond donors (Lipinski definition) is 2. The normalized spacial score (nSPS) is 19.9. The number of amides is 2. The molecule has 2 amide bonds. The van der Waals surface area contributed by atoms with Crippen molar-refractivity contribution in [2.45, 2.75) is 17.1 Å². The van der Waals surface area contributed by atoms with Crippen LogP contribution in [0.4, 0.5) is 10.5 Å². The van der Waals surface area contributed by atoms with Gasteiger partial charge < -0.3 is 16.2 Å². The molecule has 1 aliphatic heterocycles. The molecule has 4 N–H and O–H groups in total. The second-order valence-electron chi connectivity index (χ2n) is 6.19. The number of nitrogens with two attached hydrogens (primary N) is 2. The first-order valence-corrected chi connectivity index (χ1v) is 10.7. The van der Waals surface area contributed by atoms with E-state index < -0.39 is 22.0 Å². The Hall–Kier alpha value is -2.51. The molecule has 2 aromatic rings. The van der Waals surface area contributed by atoms with Gasteiger partial charge in [0.15, 0.2) is 0 Å². The van der Waals surface area contributed by atoms with Gasteiger partial charge in [-0.1, -0.05) is 29.8 Å². The SMILES string of the molecule is NC(=O)OCCCS1(Cc2ccc(Cl)cc2)C=Nc2c(C(N)=O)cccc21. The fraction of sp³-hybridized carbons (Fsp3) is 0.211. The van der Waals surface area contributed by atoms with E-state index in [0.717, 1.165) is 22.0 Å². The average Bonchev–Trinajstić information content (AvgIpc) is 2.99. The summed E-state index contributed by atoms with van der Waals surface area (Å²) in [6.07, 6.45) is -0.147. The molecule has 0 aromatic heterocycles. The summed E-state index contributed by atoms with van der Waals surface area (Å²) in [7, 11) is -1.52. The zero-order valence-electron chi connectivity index (χ0n) is 14.6. The second kappa shape index (κ2) is 8.02. The number of ether oxygens (including phenoxy) is 1. The Labute approximate surface area is 163 Å². The number of para-hydroxylation sites is 1. The summed E-state index contributed by atoms with van der Waals surface area (Å²) in [6, 6.07) is 13.2. The van der Waals surface area contributed by atoms with E-state index in [1.165, 1.54) is 0 Å². The van der Waals surface area contributed by atoms with Gasteiger partial charge in [-0.25, -0.2) is 9.79 Å². The van der Waals surface area contributed by atoms with Crippen molar-refractivity contribution in [2.75, 3.05) is 12.4 Å². The second-order valence-corrected chi connectivity index (χ2v) is 9.86. The highest BCUT2D eigenvalue weighted by molar-refractivity contribution is 8.43. The number of halogens is 1. The van der Waals surface area contributed by atoms with Gasteiger partial charge in [0.25, 0.3) is 5.91 Å². The Morgan fingerprint density at radius 2 is 1.85 bits per heavy atom. The summed E-state index contributed by atoms with van der Waals surface area (Å²) < 4.78 is 4.88. The highest BCUT2D eigenvalue weighted by Crippen LogP contribution is 2.64. The summed E-state index contributed by atoms with van der Waals surface area (Å²) in [4.78, 5) is 28.2. The molecule has 0 fully saturated rings. The number of hydrogen-bond acceptors (Lipinski definition) is 4. The van der Waals surface area contributed by atoms with Gasteiger partial charge in [0.05, 0.1) is 17.9 Å². The molecule has 2 aromatic carbocycles. The Kier molecular flexibility index (Phi) is 5.72. The number of carbonyl (C=O) groups excluding carboxylic acids is 2. The number of primary amides is 2. The van der Waals surface area contributed by atoms with Crippen LogP contribution in [0.5, 0.6) is 0 Å². The van der Waals surface area contributed by atoms with Gasteiger partial charge in [-0.15, -0.1) is 0 Å². The van der Waals surface area contributed by atoms with Crippen molar-refractivity contribution >= 4 is 44.9 Å². The van der Waals surface area contributed by atoms with Crippen molar-refractivity contribution in [3.63, 3.8) is 0 Å². The van der Waals surface area contributed by atoms with Crippen LogP contribution < -0.4 is 11.5 Å². The van der Waals surface area contributed by atoms with E-state index in [4.69, 9.17) is 27.8 Å². The zero-order valence-corrected chi connectivity index (χ0v) is 16.1. The fourth-order valence-electron chi connectivity index (χ4n) is 3.11. The summed E-state index contributed by atoms with van der Waals surface area (Å²) in [6.45, 7) is 0.239. The lowest BCUT2D eigenvalue weighted by Crippen LogP contribution is -2.16. The summed E-state index contributed by atoms with van der Waals surface area (Å²) >= 11 is 6.00. The Morgan fingerprint density at radius 3 is 2.52 bits per heavy atom. The van der Waals surface area contributed by atoms with Crippen molar-refractivity contribution in [1.29, 1.82) is 0 Å². The quantitative estimate of drug-likeness (QED) is 0.680. The first-order valence-electron chi connectivity index (χ1n) is 8.34. The number of aliphatic imine (C=N–C) groups is 1. The van der Waals surface area contributed by atoms with Crippen LogP contribution in [0.1, 0.15) is 22.3 Å². The maximum atomic E-state index is 11.8. The van der Waals surface area contributed by atoms with Gasteiger partial charge >= 0.3 is 6.09 Å². The Morgan fingerprint density at radius 1 is 1.11 bits per heavy atom. The molecular weight excluding hydrogens is 386 g/mol. The van der Waals surface area contributed by atoms with E-state index in [1.807, 2.05) is 41.9 Å². The van der Waals surface area contributed by atoms with Crippen LogP contribution in [0, 0.1) is 0 Å². The van der Waals surface area contributed by atoms with E-state index in [0.29, 0.717) is 22.7 Å². The van der Waals surface area contributed by atoms with E-state index in [2.05, 4.69) is 4.99 Å². The molecule has 0 saturated carbocycles. The van der Waals surface area contributed by atoms with Crippen molar-refractivity contribution in [2.24, 2.45) is 16.5 Å². The lowest BCUT2D eigenvalue weighted by Gasteiger charge is -2.34. The van der Waals surface area contributed by atoms with Crippen LogP contribution in [-0.2, 0) is 10.5 Å². The molecule has 0 aliphatic carbocycles. The highest BCUT2D eigenvalue weighted by atomic mass is 35.5. The fourth-order valence-corrected chi connectivity index (χ4v) is 6.67. The lowest BCUT2D eigenvalue weighted by molar-refractivity contribution is 0.100. The molecule has 1 aliphatic rings. The Bertz CT molecular complexity index is 902. The standard InChI is InChI=1S/C19H20ClN3O3S/c20-14-7-5-13(6-8-14)11-27(10-2-9-26-19(22)25)12-23-17-15(18(21)24)3-1-4-16(17)27/h1,3-8,12H,2,9-11H2,(H2,21,24)(H2,22,25). The molecule has 142 valence electrons. The first-order chi connectivity index (χ1) is 12.9. The van der Waals surface area contributed by atoms with E-state index in [-0.39, 0.29) is 6.61 Å². The third kappa shape index (κ3) is 4.26. The molecule has 1 atom stereocenters. The molecule has 0 spiro atoms. The van der Waals surface area contributed by atoms with Crippen LogP contribution in [0.3, 0.4) is 0 Å². The molecule has 6 nitrogen and oxygen atoms in total. The van der Waals surface area contributed by atoms with Gasteiger partial charge in [-0.05, 0) is 42.0 Å². The number of fused-ring (bicyclic) bond motifs is 1. The largest absolute Gasteiger partial charge is 0.450 e. The highest BCUT2D eigenvalue weighted by Gasteiger charge is 2.33. The van der Waals surface area contributed by atoms with Gasteiger partial charge in [-0.2, -0.15) is 10.0 Å². The predicted octanol–water partition coefficient (Wildman–Crippen LogP) is 3.96. The first kappa shape index (κ1) is 19.3. The molecule has 1 unspecified atom stereocenters. The van der Waals surface area contributed by atoms with E-state index >= 15 is 0 Å². The molecule has 3 rings (SSSR count). The predicted molar refractivity (Wildman–Crippen MR) is 109 cm³/mol. The van der Waals surface area contributed by atoms with Crippen molar-refractivity contribution < 1.29 is 14.3 Å². The van der Waals surface area contributed by atoms with E-state index in [1.54, 1.807) is 6.07 Å². The van der Waals surface area contributed by atoms with Crippen molar-refractivity contribution in [1.82, 2.24) is 0 Å². The van der Waals surface area contributed by atoms with Crippen molar-refractivity contribution in [3.05, 3.63) is 58.6 Å². The van der Waals surface area contributed by atoms with Crippen LogP contribution in [-0.4, -0.2) is 29.9 Å². The molecule has 0 bridgehead atoms. The minimum Gasteiger partial charge on any atom is -0.450 e. The van der Waals surface area contributed by atoms with E-state index in [9.17, 15) is 9.59 Å². The average molecular weight is 406 g/mol. The zero-order chi connectivity index (χ0) is 19.4. The topological polar surface area (TPSA) is 108 Å². The molecule has 0 radical (unpaired) electrons. The van der Waals surface area contributed by atoms with Gasteiger partial charge in [-0.3, -0.25) is 4.79 Å². The molecule has 1 heterocycles. The van der Waals surface area contributed by atoms with Crippen LogP contribution >= 0.6 is 21.6 Å². The third-order valence-corrected chi connectivity index (χ3v) is 8.15. The molecule has 0 saturated heterocycles. The number of benzene rings is 2. The van der Waals surface area contributed by atoms with Crippen LogP contribution in [0.15, 0.2) is 52.4 Å². The molecule has 8 heteroatoms. The number of rotatable bonds is 7. The van der Waals surface area contributed by atoms with Gasteiger partial charge in [0, 0.05) is 21.2 Å². The maximum Gasteiger partial charge on any atom is 0.404 e. The lowest BCUT2D eigenvalue weighted by atomic mass is 10.2. The molecular formula is C19H20ClN3O3S. The van der Waals surface area contributed by atoms with Crippen LogP contribution in [0.2, 0.25) is 5.02 Å². The Balaban J connectivity index is 1.94. The number of nitrogens with zero attached hydrogens (tertiary/aromatic N) is 1. The van der Waals surface area contributed by atoms with Gasteiger partial charge in [0.2, 0.25) is 0 Å². The summed E-state index contributed by atoms with van der Waals surface area (Å²) in [5.74, 6) is 1.00. The van der Waals surface area contributed by atoms with Gasteiger partial charge in [0.1, 0.15) is 0 Å². The monoisotopic (exact) mass is 405 g/mol.